The van der Waals surface area contributed by atoms with Gasteiger partial charge in [-0.25, -0.2) is 0 Å². The lowest BCUT2D eigenvalue weighted by atomic mass is 10.1. The third kappa shape index (κ3) is 5.17. The van der Waals surface area contributed by atoms with Crippen LogP contribution in [0.15, 0.2) is 0 Å². The van der Waals surface area contributed by atoms with Gasteiger partial charge in [0.15, 0.2) is 0 Å². The normalized spacial score (nSPS) is 12.9. The van der Waals surface area contributed by atoms with Crippen molar-refractivity contribution in [2.75, 3.05) is 19.6 Å². The average molecular weight is 214 g/mol. The second-order valence-electron chi connectivity index (χ2n) is 4.33. The number of amides is 1. The fourth-order valence-corrected chi connectivity index (χ4v) is 1.60. The molecule has 90 valence electrons. The van der Waals surface area contributed by atoms with Crippen molar-refractivity contribution in [1.29, 1.82) is 0 Å². The second kappa shape index (κ2) is 7.69. The van der Waals surface area contributed by atoms with Crippen LogP contribution < -0.4 is 5.32 Å². The van der Waals surface area contributed by atoms with Crippen LogP contribution in [0.4, 0.5) is 0 Å². The van der Waals surface area contributed by atoms with E-state index in [1.54, 1.807) is 0 Å². The fourth-order valence-electron chi connectivity index (χ4n) is 1.60. The SMILES string of the molecule is CCCN(C(=O)C(C)CNCC)C(C)C. The van der Waals surface area contributed by atoms with Gasteiger partial charge in [-0.05, 0) is 26.8 Å². The zero-order valence-corrected chi connectivity index (χ0v) is 10.8. The van der Waals surface area contributed by atoms with Gasteiger partial charge in [0, 0.05) is 25.0 Å². The number of carbonyl (C=O) groups excluding carboxylic acids is 1. The molecule has 3 heteroatoms. The second-order valence-corrected chi connectivity index (χ2v) is 4.33. The molecule has 0 aliphatic heterocycles. The van der Waals surface area contributed by atoms with E-state index in [0.29, 0.717) is 6.04 Å². The summed E-state index contributed by atoms with van der Waals surface area (Å²) in [5, 5.41) is 3.22. The molecule has 1 N–H and O–H groups in total. The molecule has 1 atom stereocenters. The number of nitrogens with one attached hydrogen (secondary N) is 1. The summed E-state index contributed by atoms with van der Waals surface area (Å²) in [6.07, 6.45) is 1.03. The quantitative estimate of drug-likeness (QED) is 0.702. The number of rotatable bonds is 7. The Balaban J connectivity index is 4.22. The number of hydrogen-bond acceptors (Lipinski definition) is 2. The van der Waals surface area contributed by atoms with Gasteiger partial charge in [0.05, 0.1) is 0 Å². The largest absolute Gasteiger partial charge is 0.340 e. The maximum Gasteiger partial charge on any atom is 0.226 e. The highest BCUT2D eigenvalue weighted by molar-refractivity contribution is 5.79. The maximum atomic E-state index is 12.1. The molecule has 0 fully saturated rings. The molecule has 0 aromatic rings. The summed E-state index contributed by atoms with van der Waals surface area (Å²) in [7, 11) is 0. The topological polar surface area (TPSA) is 32.3 Å². The van der Waals surface area contributed by atoms with E-state index in [4.69, 9.17) is 0 Å². The molecule has 0 aliphatic carbocycles. The molecule has 0 aliphatic rings. The van der Waals surface area contributed by atoms with E-state index in [0.717, 1.165) is 26.1 Å². The molecular weight excluding hydrogens is 188 g/mol. The highest BCUT2D eigenvalue weighted by Gasteiger charge is 2.21. The van der Waals surface area contributed by atoms with E-state index in [1.165, 1.54) is 0 Å². The summed E-state index contributed by atoms with van der Waals surface area (Å²) in [5.41, 5.74) is 0. The third-order valence-electron chi connectivity index (χ3n) is 2.49. The lowest BCUT2D eigenvalue weighted by Crippen LogP contribution is -2.43. The van der Waals surface area contributed by atoms with Gasteiger partial charge in [0.2, 0.25) is 5.91 Å². The Labute approximate surface area is 94.2 Å². The zero-order valence-electron chi connectivity index (χ0n) is 10.8. The van der Waals surface area contributed by atoms with Crippen LogP contribution in [0.1, 0.15) is 41.0 Å². The summed E-state index contributed by atoms with van der Waals surface area (Å²) >= 11 is 0. The predicted octanol–water partition coefficient (Wildman–Crippen LogP) is 1.88. The first-order valence-electron chi connectivity index (χ1n) is 6.05. The van der Waals surface area contributed by atoms with Crippen molar-refractivity contribution in [3.05, 3.63) is 0 Å². The molecule has 1 amide bonds. The van der Waals surface area contributed by atoms with Crippen molar-refractivity contribution in [2.45, 2.75) is 47.1 Å². The Kier molecular flexibility index (Phi) is 7.39. The minimum atomic E-state index is 0.0823. The van der Waals surface area contributed by atoms with Gasteiger partial charge < -0.3 is 10.2 Å². The Morgan fingerprint density at radius 3 is 2.27 bits per heavy atom. The summed E-state index contributed by atoms with van der Waals surface area (Å²) in [4.78, 5) is 14.0. The van der Waals surface area contributed by atoms with Crippen molar-refractivity contribution < 1.29 is 4.79 Å². The van der Waals surface area contributed by atoms with Crippen LogP contribution in [0.3, 0.4) is 0 Å². The van der Waals surface area contributed by atoms with Gasteiger partial charge in [0.1, 0.15) is 0 Å². The number of carbonyl (C=O) groups is 1. The highest BCUT2D eigenvalue weighted by atomic mass is 16.2. The Bertz CT molecular complexity index is 180. The van der Waals surface area contributed by atoms with E-state index in [1.807, 2.05) is 11.8 Å². The molecule has 3 nitrogen and oxygen atoms in total. The van der Waals surface area contributed by atoms with Crippen molar-refractivity contribution in [1.82, 2.24) is 10.2 Å². The monoisotopic (exact) mass is 214 g/mol. The first-order chi connectivity index (χ1) is 7.04. The van der Waals surface area contributed by atoms with E-state index in [9.17, 15) is 4.79 Å². The van der Waals surface area contributed by atoms with Crippen LogP contribution in [-0.2, 0) is 4.79 Å². The Morgan fingerprint density at radius 2 is 1.87 bits per heavy atom. The maximum absolute atomic E-state index is 12.1. The van der Waals surface area contributed by atoms with Crippen LogP contribution in [-0.4, -0.2) is 36.5 Å². The summed E-state index contributed by atoms with van der Waals surface area (Å²) in [6.45, 7) is 12.9. The van der Waals surface area contributed by atoms with Gasteiger partial charge in [0.25, 0.3) is 0 Å². The van der Waals surface area contributed by atoms with Gasteiger partial charge in [-0.3, -0.25) is 4.79 Å². The Hall–Kier alpha value is -0.570. The lowest BCUT2D eigenvalue weighted by molar-refractivity contribution is -0.136. The summed E-state index contributed by atoms with van der Waals surface area (Å²) in [5.74, 6) is 0.353. The highest BCUT2D eigenvalue weighted by Crippen LogP contribution is 2.07. The standard InChI is InChI=1S/C12H26N2O/c1-6-8-14(10(3)4)12(15)11(5)9-13-7-2/h10-11,13H,6-9H2,1-5H3. The molecule has 0 saturated heterocycles. The average Bonchev–Trinajstić information content (AvgIpc) is 2.21. The van der Waals surface area contributed by atoms with Crippen molar-refractivity contribution in [3.63, 3.8) is 0 Å². The van der Waals surface area contributed by atoms with E-state index in [2.05, 4.69) is 33.0 Å². The molecule has 0 saturated carbocycles. The lowest BCUT2D eigenvalue weighted by Gasteiger charge is -2.29. The van der Waals surface area contributed by atoms with Crippen LogP contribution >= 0.6 is 0 Å². The molecule has 0 aromatic carbocycles. The third-order valence-corrected chi connectivity index (χ3v) is 2.49. The van der Waals surface area contributed by atoms with Crippen molar-refractivity contribution >= 4 is 5.91 Å². The first kappa shape index (κ1) is 14.4. The van der Waals surface area contributed by atoms with Crippen LogP contribution in [0, 0.1) is 5.92 Å². The zero-order chi connectivity index (χ0) is 11.8. The molecule has 15 heavy (non-hydrogen) atoms. The molecule has 0 heterocycles. The van der Waals surface area contributed by atoms with Crippen LogP contribution in [0.5, 0.6) is 0 Å². The van der Waals surface area contributed by atoms with Gasteiger partial charge in [-0.1, -0.05) is 20.8 Å². The van der Waals surface area contributed by atoms with Crippen LogP contribution in [0.25, 0.3) is 0 Å². The van der Waals surface area contributed by atoms with Crippen molar-refractivity contribution in [3.8, 4) is 0 Å². The molecule has 0 rings (SSSR count). The first-order valence-corrected chi connectivity index (χ1v) is 6.05. The molecule has 1 unspecified atom stereocenters. The predicted molar refractivity (Wildman–Crippen MR) is 64.8 cm³/mol. The van der Waals surface area contributed by atoms with E-state index < -0.39 is 0 Å². The Morgan fingerprint density at radius 1 is 1.27 bits per heavy atom. The van der Waals surface area contributed by atoms with Gasteiger partial charge >= 0.3 is 0 Å². The van der Waals surface area contributed by atoms with E-state index in [-0.39, 0.29) is 11.8 Å². The smallest absolute Gasteiger partial charge is 0.226 e. The van der Waals surface area contributed by atoms with Gasteiger partial charge in [-0.2, -0.15) is 0 Å². The summed E-state index contributed by atoms with van der Waals surface area (Å²) < 4.78 is 0. The van der Waals surface area contributed by atoms with Gasteiger partial charge in [-0.15, -0.1) is 0 Å². The fraction of sp³-hybridized carbons (Fsp3) is 0.917. The number of nitrogens with zero attached hydrogens (tertiary/aromatic N) is 1. The summed E-state index contributed by atoms with van der Waals surface area (Å²) in [6, 6.07) is 0.307. The van der Waals surface area contributed by atoms with E-state index >= 15 is 0 Å². The molecule has 0 bridgehead atoms. The minimum Gasteiger partial charge on any atom is -0.340 e. The molecular formula is C12H26N2O. The number of hydrogen-bond donors (Lipinski definition) is 1. The molecule has 0 radical (unpaired) electrons. The molecule has 0 aromatic heterocycles. The van der Waals surface area contributed by atoms with Crippen molar-refractivity contribution in [2.24, 2.45) is 5.92 Å². The van der Waals surface area contributed by atoms with Crippen LogP contribution in [0.2, 0.25) is 0 Å². The molecule has 0 spiro atoms. The minimum absolute atomic E-state index is 0.0823.